The van der Waals surface area contributed by atoms with Crippen molar-refractivity contribution >= 4 is 52.7 Å². The van der Waals surface area contributed by atoms with E-state index in [1.807, 2.05) is 11.8 Å². The second-order valence-corrected chi connectivity index (χ2v) is 9.92. The van der Waals surface area contributed by atoms with Crippen LogP contribution in [0.4, 0.5) is 0 Å². The predicted molar refractivity (Wildman–Crippen MR) is 88.7 cm³/mol. The van der Waals surface area contributed by atoms with E-state index in [1.165, 1.54) is 5.01 Å². The number of fused-ring (bicyclic) bond motifs is 1. The molecule has 0 amide bonds. The Morgan fingerprint density at radius 2 is 2.14 bits per heavy atom. The monoisotopic (exact) mass is 370 g/mol. The molecule has 3 N–H and O–H groups in total. The van der Waals surface area contributed by atoms with Crippen LogP contribution in [0, 0.1) is 0 Å². The molecule has 0 aromatic carbocycles. The van der Waals surface area contributed by atoms with Crippen LogP contribution in [-0.4, -0.2) is 44.8 Å². The van der Waals surface area contributed by atoms with Crippen LogP contribution >= 0.6 is 46.7 Å². The van der Waals surface area contributed by atoms with Gasteiger partial charge >= 0.3 is 0 Å². The van der Waals surface area contributed by atoms with Crippen molar-refractivity contribution < 1.29 is 10.1 Å². The van der Waals surface area contributed by atoms with Gasteiger partial charge in [-0.2, -0.15) is 0 Å². The van der Waals surface area contributed by atoms with Gasteiger partial charge in [-0.05, 0) is 37.9 Å². The van der Waals surface area contributed by atoms with E-state index >= 15 is 0 Å². The first-order chi connectivity index (χ1) is 10.0. The second kappa shape index (κ2) is 6.93. The molecule has 1 aliphatic carbocycles. The SMILES string of the molecule is CC1C[NH+]2NC(N=C([O-])NC3CCC(Cl)C(Cl)C3)SC2S1. The van der Waals surface area contributed by atoms with Crippen molar-refractivity contribution in [2.75, 3.05) is 6.54 Å². The van der Waals surface area contributed by atoms with Crippen molar-refractivity contribution in [1.82, 2.24) is 10.7 Å². The Hall–Kier alpha value is 0.470. The maximum atomic E-state index is 12.0. The number of thioether (sulfide) groups is 2. The minimum absolute atomic E-state index is 0.0126. The van der Waals surface area contributed by atoms with Crippen molar-refractivity contribution in [3.63, 3.8) is 0 Å². The van der Waals surface area contributed by atoms with Gasteiger partial charge in [-0.3, -0.25) is 0 Å². The van der Waals surface area contributed by atoms with Gasteiger partial charge < -0.3 is 10.4 Å². The number of hydrogen-bond donors (Lipinski definition) is 3. The zero-order valence-electron chi connectivity index (χ0n) is 11.7. The highest BCUT2D eigenvalue weighted by Crippen LogP contribution is 2.32. The third kappa shape index (κ3) is 4.06. The Morgan fingerprint density at radius 3 is 2.86 bits per heavy atom. The zero-order valence-corrected chi connectivity index (χ0v) is 14.9. The molecule has 7 unspecified atom stereocenters. The highest BCUT2D eigenvalue weighted by atomic mass is 35.5. The van der Waals surface area contributed by atoms with Crippen LogP contribution in [0.5, 0.6) is 0 Å². The minimum atomic E-state index is -0.250. The third-order valence-corrected chi connectivity index (χ3v) is 7.94. The van der Waals surface area contributed by atoms with E-state index in [-0.39, 0.29) is 28.3 Å². The summed E-state index contributed by atoms with van der Waals surface area (Å²) in [7, 11) is 0. The van der Waals surface area contributed by atoms with Gasteiger partial charge in [-0.15, -0.1) is 28.6 Å². The number of nitrogens with one attached hydrogen (secondary N) is 3. The average Bonchev–Trinajstić information content (AvgIpc) is 2.90. The third-order valence-electron chi connectivity index (χ3n) is 3.96. The molecule has 9 heteroatoms. The highest BCUT2D eigenvalue weighted by molar-refractivity contribution is 8.17. The fraction of sp³-hybridized carbons (Fsp3) is 0.917. The molecule has 7 atom stereocenters. The number of amidine groups is 1. The van der Waals surface area contributed by atoms with Crippen molar-refractivity contribution in [1.29, 1.82) is 0 Å². The normalized spacial score (nSPS) is 47.4. The molecule has 5 nitrogen and oxygen atoms in total. The number of quaternary nitrogens is 1. The summed E-state index contributed by atoms with van der Waals surface area (Å²) in [6.45, 7) is 3.30. The molecule has 0 aromatic rings. The summed E-state index contributed by atoms with van der Waals surface area (Å²) < 4.78 is 0.445. The van der Waals surface area contributed by atoms with Gasteiger partial charge in [0.05, 0.1) is 22.0 Å². The standard InChI is InChI=1S/C12H20Cl2N4OS2/c1-6-5-18-12(20-6)21-11(17-18)16-10(19)15-7-2-3-8(13)9(14)4-7/h6-9,11-12,17H,2-5H2,1H3,(H2,15,16,19). The van der Waals surface area contributed by atoms with Gasteiger partial charge in [0, 0.05) is 6.04 Å². The molecule has 0 spiro atoms. The Bertz CT molecular complexity index is 403. The lowest BCUT2D eigenvalue weighted by Crippen LogP contribution is -3.17. The van der Waals surface area contributed by atoms with E-state index in [1.54, 1.807) is 11.8 Å². The molecule has 21 heavy (non-hydrogen) atoms. The number of halogens is 2. The van der Waals surface area contributed by atoms with E-state index in [4.69, 9.17) is 23.2 Å². The molecule has 2 saturated heterocycles. The Balaban J connectivity index is 1.49. The number of hydrogen-bond acceptors (Lipinski definition) is 5. The lowest BCUT2D eigenvalue weighted by molar-refractivity contribution is -0.932. The van der Waals surface area contributed by atoms with Crippen LogP contribution in [0.1, 0.15) is 26.2 Å². The van der Waals surface area contributed by atoms with Crippen LogP contribution in [0.2, 0.25) is 0 Å². The maximum absolute atomic E-state index is 12.0. The fourth-order valence-corrected chi connectivity index (χ4v) is 6.57. The number of alkyl halides is 2. The van der Waals surface area contributed by atoms with Crippen LogP contribution in [0.25, 0.3) is 0 Å². The molecule has 3 aliphatic rings. The first kappa shape index (κ1) is 16.3. The van der Waals surface area contributed by atoms with E-state index in [9.17, 15) is 5.11 Å². The molecule has 2 heterocycles. The van der Waals surface area contributed by atoms with Crippen molar-refractivity contribution in [3.05, 3.63) is 0 Å². The first-order valence-corrected chi connectivity index (χ1v) is 10.00. The zero-order chi connectivity index (χ0) is 15.0. The Labute approximate surface area is 143 Å². The maximum Gasteiger partial charge on any atom is 0.203 e. The molecular formula is C12H20Cl2N4OS2. The summed E-state index contributed by atoms with van der Waals surface area (Å²) in [6.07, 6.45) is 2.43. The topological polar surface area (TPSA) is 63.9 Å². The number of nitrogens with zero attached hydrogens (tertiary/aromatic N) is 1. The van der Waals surface area contributed by atoms with Crippen molar-refractivity contribution in [3.8, 4) is 0 Å². The molecule has 0 aromatic heterocycles. The summed E-state index contributed by atoms with van der Waals surface area (Å²) in [5.41, 5.74) is 3.20. The first-order valence-electron chi connectivity index (χ1n) is 7.24. The van der Waals surface area contributed by atoms with Crippen LogP contribution < -0.4 is 20.9 Å². The van der Waals surface area contributed by atoms with Crippen LogP contribution in [-0.2, 0) is 0 Å². The summed E-state index contributed by atoms with van der Waals surface area (Å²) >= 11 is 15.9. The smallest absolute Gasteiger partial charge is 0.203 e. The quantitative estimate of drug-likeness (QED) is 0.360. The molecule has 1 saturated carbocycles. The van der Waals surface area contributed by atoms with Gasteiger partial charge in [0.15, 0.2) is 5.50 Å². The largest absolute Gasteiger partial charge is 0.846 e. The van der Waals surface area contributed by atoms with E-state index in [0.29, 0.717) is 9.96 Å². The fourth-order valence-electron chi connectivity index (χ4n) is 2.89. The lowest BCUT2D eigenvalue weighted by atomic mass is 9.95. The van der Waals surface area contributed by atoms with Gasteiger partial charge in [0.1, 0.15) is 6.54 Å². The van der Waals surface area contributed by atoms with Crippen LogP contribution in [0.3, 0.4) is 0 Å². The summed E-state index contributed by atoms with van der Waals surface area (Å²) in [6, 6.07) is -0.160. The van der Waals surface area contributed by atoms with Crippen LogP contribution in [0.15, 0.2) is 4.99 Å². The summed E-state index contributed by atoms with van der Waals surface area (Å²) in [5, 5.41) is 16.9. The van der Waals surface area contributed by atoms with Gasteiger partial charge in [-0.25, -0.2) is 10.0 Å². The minimum Gasteiger partial charge on any atom is -0.846 e. The van der Waals surface area contributed by atoms with Gasteiger partial charge in [-0.1, -0.05) is 11.8 Å². The van der Waals surface area contributed by atoms with E-state index in [2.05, 4.69) is 22.7 Å². The van der Waals surface area contributed by atoms with Gasteiger partial charge in [0.25, 0.3) is 0 Å². The predicted octanol–water partition coefficient (Wildman–Crippen LogP) is -0.102. The van der Waals surface area contributed by atoms with E-state index < -0.39 is 0 Å². The molecular weight excluding hydrogens is 351 g/mol. The average molecular weight is 371 g/mol. The molecule has 2 aliphatic heterocycles. The van der Waals surface area contributed by atoms with Crippen molar-refractivity contribution in [2.45, 2.75) is 58.4 Å². The van der Waals surface area contributed by atoms with E-state index in [0.717, 1.165) is 25.8 Å². The summed E-state index contributed by atoms with van der Waals surface area (Å²) in [5.74, 6) is 0. The van der Waals surface area contributed by atoms with Gasteiger partial charge in [0.2, 0.25) is 4.71 Å². The Morgan fingerprint density at radius 1 is 1.33 bits per heavy atom. The van der Waals surface area contributed by atoms with Crippen molar-refractivity contribution in [2.24, 2.45) is 4.99 Å². The lowest BCUT2D eigenvalue weighted by Gasteiger charge is -2.32. The number of aliphatic imine (C=N–C) groups is 1. The summed E-state index contributed by atoms with van der Waals surface area (Å²) in [4.78, 5) is 4.21. The molecule has 3 rings (SSSR count). The molecule has 120 valence electrons. The second-order valence-electron chi connectivity index (χ2n) is 5.76. The molecule has 3 fully saturated rings. The molecule has 0 radical (unpaired) electrons. The number of rotatable bonds is 2. The highest BCUT2D eigenvalue weighted by Gasteiger charge is 2.44. The molecule has 0 bridgehead atoms. The Kier molecular flexibility index (Phi) is 5.39.